The van der Waals surface area contributed by atoms with Crippen molar-refractivity contribution >= 4 is 33.9 Å². The summed E-state index contributed by atoms with van der Waals surface area (Å²) in [6, 6.07) is 45.2. The maximum atomic E-state index is 5.11. The standard InChI is InChI=1S/C32H22N5/c1-5-13-23(14-6-1)31-33-28-21-27-29(22-30(28)37(35-31)26-19-11-4-12-20-26)36(25-17-9-3-10-18-25)32(34-27)24-15-7-2-8-16-24/h1-22H. The Balaban J connectivity index is 1.50. The average Bonchev–Trinajstić information content (AvgIpc) is 3.35. The Morgan fingerprint density at radius 2 is 1.11 bits per heavy atom. The first-order valence-electron chi connectivity index (χ1n) is 12.2. The van der Waals surface area contributed by atoms with E-state index in [0.29, 0.717) is 5.84 Å². The number of benzene rings is 5. The molecule has 2 heterocycles. The van der Waals surface area contributed by atoms with Gasteiger partial charge in [0.05, 0.1) is 28.1 Å². The number of para-hydroxylation sites is 2. The molecule has 0 atom stereocenters. The zero-order valence-corrected chi connectivity index (χ0v) is 19.9. The molecule has 0 spiro atoms. The summed E-state index contributed by atoms with van der Waals surface area (Å²) in [4.78, 5) is 10.1. The average molecular weight is 477 g/mol. The third-order valence-corrected chi connectivity index (χ3v) is 6.48. The molecule has 7 rings (SSSR count). The van der Waals surface area contributed by atoms with Crippen molar-refractivity contribution in [3.05, 3.63) is 139 Å². The molecule has 5 aromatic carbocycles. The quantitative estimate of drug-likeness (QED) is 0.265. The topological polar surface area (TPSA) is 47.5 Å². The number of aromatic nitrogens is 2. The molecule has 0 saturated heterocycles. The minimum Gasteiger partial charge on any atom is -0.292 e. The molecule has 0 amide bonds. The Hall–Kier alpha value is -5.16. The molecule has 37 heavy (non-hydrogen) atoms. The fraction of sp³-hybridized carbons (Fsp3) is 0. The summed E-state index contributed by atoms with van der Waals surface area (Å²) < 4.78 is 2.21. The zero-order chi connectivity index (χ0) is 24.6. The Labute approximate surface area is 215 Å². The van der Waals surface area contributed by atoms with Crippen molar-refractivity contribution in [3.8, 4) is 17.1 Å². The van der Waals surface area contributed by atoms with E-state index in [2.05, 4.69) is 65.2 Å². The summed E-state index contributed by atoms with van der Waals surface area (Å²) in [7, 11) is 0. The number of fused-ring (bicyclic) bond motifs is 2. The van der Waals surface area contributed by atoms with E-state index in [1.165, 1.54) is 0 Å². The summed E-state index contributed by atoms with van der Waals surface area (Å²) in [5.41, 5.74) is 12.7. The molecule has 1 aromatic heterocycles. The second-order valence-corrected chi connectivity index (χ2v) is 8.85. The Bertz CT molecular complexity index is 1720. The maximum absolute atomic E-state index is 5.11. The molecule has 1 aliphatic heterocycles. The Morgan fingerprint density at radius 1 is 0.541 bits per heavy atom. The maximum Gasteiger partial charge on any atom is 0.180 e. The van der Waals surface area contributed by atoms with Crippen LogP contribution in [0.3, 0.4) is 0 Å². The van der Waals surface area contributed by atoms with Crippen LogP contribution < -0.4 is 10.4 Å². The number of aliphatic imine (C=N–C) groups is 1. The van der Waals surface area contributed by atoms with Gasteiger partial charge in [-0.3, -0.25) is 4.57 Å². The summed E-state index contributed by atoms with van der Waals surface area (Å²) in [5, 5.41) is 1.98. The third-order valence-electron chi connectivity index (χ3n) is 6.48. The predicted octanol–water partition coefficient (Wildman–Crippen LogP) is 7.44. The lowest BCUT2D eigenvalue weighted by Gasteiger charge is -2.29. The van der Waals surface area contributed by atoms with E-state index < -0.39 is 0 Å². The molecule has 0 unspecified atom stereocenters. The molecule has 0 saturated carbocycles. The Morgan fingerprint density at radius 3 is 1.76 bits per heavy atom. The summed E-state index contributed by atoms with van der Waals surface area (Å²) in [6.07, 6.45) is 0. The van der Waals surface area contributed by atoms with Gasteiger partial charge in [-0.2, -0.15) is 0 Å². The minimum absolute atomic E-state index is 0.669. The number of anilines is 2. The fourth-order valence-corrected chi connectivity index (χ4v) is 4.74. The zero-order valence-electron chi connectivity index (χ0n) is 19.9. The summed E-state index contributed by atoms with van der Waals surface area (Å²) in [6.45, 7) is 0. The number of rotatable bonds is 4. The van der Waals surface area contributed by atoms with E-state index in [4.69, 9.17) is 15.4 Å². The first-order valence-corrected chi connectivity index (χ1v) is 12.2. The van der Waals surface area contributed by atoms with Crippen molar-refractivity contribution < 1.29 is 0 Å². The van der Waals surface area contributed by atoms with Gasteiger partial charge in [-0.25, -0.2) is 15.0 Å². The van der Waals surface area contributed by atoms with Crippen LogP contribution in [0, 0.1) is 0 Å². The molecule has 5 heteroatoms. The number of nitrogens with zero attached hydrogens (tertiary/aromatic N) is 5. The highest BCUT2D eigenvalue weighted by Crippen LogP contribution is 2.41. The van der Waals surface area contributed by atoms with E-state index >= 15 is 0 Å². The molecular weight excluding hydrogens is 454 g/mol. The minimum atomic E-state index is 0.669. The molecule has 0 fully saturated rings. The van der Waals surface area contributed by atoms with Crippen LogP contribution in [-0.4, -0.2) is 15.4 Å². The van der Waals surface area contributed by atoms with Gasteiger partial charge in [-0.1, -0.05) is 97.1 Å². The van der Waals surface area contributed by atoms with Gasteiger partial charge in [0.2, 0.25) is 0 Å². The van der Waals surface area contributed by atoms with Crippen LogP contribution in [-0.2, 0) is 0 Å². The van der Waals surface area contributed by atoms with E-state index in [0.717, 1.165) is 50.7 Å². The number of hydrogen-bond donors (Lipinski definition) is 0. The molecule has 6 aromatic rings. The van der Waals surface area contributed by atoms with E-state index in [-0.39, 0.29) is 0 Å². The van der Waals surface area contributed by atoms with Gasteiger partial charge in [-0.15, -0.1) is 5.43 Å². The Kier molecular flexibility index (Phi) is 5.03. The van der Waals surface area contributed by atoms with Crippen LogP contribution in [0.15, 0.2) is 138 Å². The van der Waals surface area contributed by atoms with Crippen molar-refractivity contribution in [3.63, 3.8) is 0 Å². The lowest BCUT2D eigenvalue weighted by Crippen LogP contribution is -2.35. The normalized spacial score (nSPS) is 12.6. The van der Waals surface area contributed by atoms with Crippen LogP contribution in [0.2, 0.25) is 0 Å². The first kappa shape index (κ1) is 21.1. The fourth-order valence-electron chi connectivity index (χ4n) is 4.74. The van der Waals surface area contributed by atoms with Crippen LogP contribution in [0.4, 0.5) is 17.1 Å². The van der Waals surface area contributed by atoms with Crippen molar-refractivity contribution in [2.24, 2.45) is 4.99 Å². The number of imidazole rings is 1. The van der Waals surface area contributed by atoms with Gasteiger partial charge in [-0.05, 0) is 36.4 Å². The first-order chi connectivity index (χ1) is 18.3. The van der Waals surface area contributed by atoms with Crippen molar-refractivity contribution in [1.82, 2.24) is 15.0 Å². The van der Waals surface area contributed by atoms with Gasteiger partial charge in [0, 0.05) is 16.8 Å². The van der Waals surface area contributed by atoms with Crippen LogP contribution >= 0.6 is 0 Å². The van der Waals surface area contributed by atoms with E-state index in [1.807, 2.05) is 77.8 Å². The van der Waals surface area contributed by atoms with Crippen molar-refractivity contribution in [1.29, 1.82) is 0 Å². The monoisotopic (exact) mass is 476 g/mol. The van der Waals surface area contributed by atoms with Crippen LogP contribution in [0.1, 0.15) is 5.56 Å². The molecular formula is C32H22N5. The van der Waals surface area contributed by atoms with Gasteiger partial charge >= 0.3 is 0 Å². The second kappa shape index (κ2) is 8.81. The van der Waals surface area contributed by atoms with Crippen molar-refractivity contribution in [2.75, 3.05) is 5.01 Å². The van der Waals surface area contributed by atoms with Gasteiger partial charge in [0.25, 0.3) is 0 Å². The number of amidine groups is 1. The third kappa shape index (κ3) is 3.74. The highest BCUT2D eigenvalue weighted by Gasteiger charge is 2.26. The summed E-state index contributed by atoms with van der Waals surface area (Å²) >= 11 is 0. The predicted molar refractivity (Wildman–Crippen MR) is 150 cm³/mol. The molecule has 1 aliphatic rings. The van der Waals surface area contributed by atoms with Crippen LogP contribution in [0.25, 0.3) is 28.1 Å². The molecule has 5 nitrogen and oxygen atoms in total. The molecule has 0 aliphatic carbocycles. The number of hydrogen-bond acceptors (Lipinski definition) is 3. The molecule has 0 bridgehead atoms. The lowest BCUT2D eigenvalue weighted by atomic mass is 10.1. The lowest BCUT2D eigenvalue weighted by molar-refractivity contribution is 0.899. The van der Waals surface area contributed by atoms with Gasteiger partial charge in [0.1, 0.15) is 5.82 Å². The molecule has 175 valence electrons. The van der Waals surface area contributed by atoms with Gasteiger partial charge in [0.15, 0.2) is 5.84 Å². The highest BCUT2D eigenvalue weighted by molar-refractivity contribution is 6.06. The highest BCUT2D eigenvalue weighted by atomic mass is 15.5. The van der Waals surface area contributed by atoms with Gasteiger partial charge < -0.3 is 0 Å². The SMILES string of the molecule is c1ccc(C2=Nc3cc4nc(-c5ccccc5)n(-c5ccccc5)c4cc3N(c3ccccc3)[N]2)cc1. The smallest absolute Gasteiger partial charge is 0.180 e. The van der Waals surface area contributed by atoms with E-state index in [1.54, 1.807) is 0 Å². The largest absolute Gasteiger partial charge is 0.292 e. The molecule has 1 radical (unpaired) electrons. The van der Waals surface area contributed by atoms with Crippen molar-refractivity contribution in [2.45, 2.75) is 0 Å². The second-order valence-electron chi connectivity index (χ2n) is 8.85. The van der Waals surface area contributed by atoms with Crippen LogP contribution in [0.5, 0.6) is 0 Å². The molecule has 0 N–H and O–H groups in total. The van der Waals surface area contributed by atoms with E-state index in [9.17, 15) is 0 Å². The summed E-state index contributed by atoms with van der Waals surface area (Å²) in [5.74, 6) is 1.56.